The van der Waals surface area contributed by atoms with Crippen LogP contribution in [0.3, 0.4) is 0 Å². The molecule has 0 amide bonds. The van der Waals surface area contributed by atoms with Gasteiger partial charge in [0.2, 0.25) is 0 Å². The van der Waals surface area contributed by atoms with Crippen LogP contribution in [-0.2, 0) is 17.8 Å². The van der Waals surface area contributed by atoms with Gasteiger partial charge in [0.25, 0.3) is 0 Å². The average molecular weight is 345 g/mol. The molecule has 1 aromatic heterocycles. The molecule has 26 heavy (non-hydrogen) atoms. The van der Waals surface area contributed by atoms with Gasteiger partial charge in [0.1, 0.15) is 5.75 Å². The zero-order chi connectivity index (χ0) is 18.3. The van der Waals surface area contributed by atoms with Gasteiger partial charge in [0.15, 0.2) is 0 Å². The highest BCUT2D eigenvalue weighted by Crippen LogP contribution is 2.39. The molecule has 0 atom stereocenters. The zero-order valence-corrected chi connectivity index (χ0v) is 14.4. The molecule has 0 bridgehead atoms. The van der Waals surface area contributed by atoms with E-state index in [0.717, 1.165) is 27.4 Å². The van der Waals surface area contributed by atoms with Crippen molar-refractivity contribution in [2.75, 3.05) is 0 Å². The van der Waals surface area contributed by atoms with Crippen molar-refractivity contribution >= 4 is 27.8 Å². The molecule has 4 heteroatoms. The zero-order valence-electron chi connectivity index (χ0n) is 14.4. The van der Waals surface area contributed by atoms with Gasteiger partial charge in [-0.05, 0) is 24.1 Å². The lowest BCUT2D eigenvalue weighted by Crippen LogP contribution is -2.03. The maximum absolute atomic E-state index is 11.2. The van der Waals surface area contributed by atoms with Crippen LogP contribution in [0.15, 0.2) is 60.7 Å². The number of fused-ring (bicyclic) bond motifs is 3. The topological polar surface area (TPSA) is 62.5 Å². The molecule has 4 nitrogen and oxygen atoms in total. The van der Waals surface area contributed by atoms with Gasteiger partial charge in [-0.3, -0.25) is 4.79 Å². The minimum atomic E-state index is -0.954. The van der Waals surface area contributed by atoms with Gasteiger partial charge in [-0.15, -0.1) is 0 Å². The standard InChI is InChI=1S/C22H19NO3/c1-14-11-16(12-19(24)25)22(26)21-20(14)17-9-5-6-10-18(17)23(21)13-15-7-3-2-4-8-15/h2-11,26H,12-13H2,1H3,(H,24,25). The van der Waals surface area contributed by atoms with Crippen molar-refractivity contribution in [1.29, 1.82) is 0 Å². The average Bonchev–Trinajstić information content (AvgIpc) is 2.95. The lowest BCUT2D eigenvalue weighted by atomic mass is 10.0. The van der Waals surface area contributed by atoms with Crippen molar-refractivity contribution in [2.24, 2.45) is 0 Å². The fourth-order valence-corrected chi connectivity index (χ4v) is 3.73. The number of phenols is 1. The van der Waals surface area contributed by atoms with E-state index in [9.17, 15) is 15.0 Å². The Balaban J connectivity index is 2.06. The molecule has 4 aromatic rings. The summed E-state index contributed by atoms with van der Waals surface area (Å²) >= 11 is 0. The predicted octanol–water partition coefficient (Wildman–Crippen LogP) is 4.48. The van der Waals surface area contributed by atoms with E-state index in [1.807, 2.05) is 61.5 Å². The van der Waals surface area contributed by atoms with Crippen LogP contribution in [0.1, 0.15) is 16.7 Å². The van der Waals surface area contributed by atoms with Crippen molar-refractivity contribution in [3.8, 4) is 5.75 Å². The summed E-state index contributed by atoms with van der Waals surface area (Å²) in [4.78, 5) is 11.2. The summed E-state index contributed by atoms with van der Waals surface area (Å²) in [7, 11) is 0. The number of aryl methyl sites for hydroxylation is 1. The molecule has 0 saturated heterocycles. The van der Waals surface area contributed by atoms with E-state index in [0.29, 0.717) is 17.6 Å². The van der Waals surface area contributed by atoms with E-state index < -0.39 is 5.97 Å². The number of carboxylic acid groups (broad SMARTS) is 1. The predicted molar refractivity (Wildman–Crippen MR) is 103 cm³/mol. The van der Waals surface area contributed by atoms with Crippen LogP contribution in [0.25, 0.3) is 21.8 Å². The molecule has 0 aliphatic heterocycles. The third kappa shape index (κ3) is 2.60. The number of aromatic hydroxyl groups is 1. The number of hydrogen-bond acceptors (Lipinski definition) is 2. The number of carboxylic acids is 1. The number of para-hydroxylation sites is 1. The molecular weight excluding hydrogens is 326 g/mol. The van der Waals surface area contributed by atoms with Crippen LogP contribution in [0.2, 0.25) is 0 Å². The number of nitrogens with zero attached hydrogens (tertiary/aromatic N) is 1. The summed E-state index contributed by atoms with van der Waals surface area (Å²) in [6, 6.07) is 19.9. The van der Waals surface area contributed by atoms with Crippen LogP contribution >= 0.6 is 0 Å². The van der Waals surface area contributed by atoms with Crippen LogP contribution in [0.4, 0.5) is 0 Å². The van der Waals surface area contributed by atoms with Crippen molar-refractivity contribution in [1.82, 2.24) is 4.57 Å². The number of aromatic nitrogens is 1. The molecule has 130 valence electrons. The van der Waals surface area contributed by atoms with Gasteiger partial charge in [-0.2, -0.15) is 0 Å². The molecular formula is C22H19NO3. The van der Waals surface area contributed by atoms with Crippen LogP contribution in [0.5, 0.6) is 5.75 Å². The van der Waals surface area contributed by atoms with Crippen molar-refractivity contribution in [2.45, 2.75) is 19.9 Å². The number of hydrogen-bond donors (Lipinski definition) is 2. The molecule has 0 spiro atoms. The molecule has 4 rings (SSSR count). The highest BCUT2D eigenvalue weighted by Gasteiger charge is 2.20. The van der Waals surface area contributed by atoms with Crippen molar-refractivity contribution < 1.29 is 15.0 Å². The third-order valence-electron chi connectivity index (χ3n) is 4.81. The molecule has 3 aromatic carbocycles. The van der Waals surface area contributed by atoms with Gasteiger partial charge < -0.3 is 14.8 Å². The van der Waals surface area contributed by atoms with E-state index in [1.54, 1.807) is 6.07 Å². The summed E-state index contributed by atoms with van der Waals surface area (Å²) in [5, 5.41) is 22.1. The van der Waals surface area contributed by atoms with E-state index in [1.165, 1.54) is 0 Å². The van der Waals surface area contributed by atoms with Crippen LogP contribution in [-0.4, -0.2) is 20.7 Å². The van der Waals surface area contributed by atoms with E-state index in [4.69, 9.17) is 0 Å². The molecule has 0 saturated carbocycles. The number of rotatable bonds is 4. The molecule has 0 aliphatic carbocycles. The van der Waals surface area contributed by atoms with Gasteiger partial charge in [0, 0.05) is 28.4 Å². The van der Waals surface area contributed by atoms with Crippen LogP contribution in [0, 0.1) is 6.92 Å². The van der Waals surface area contributed by atoms with Gasteiger partial charge in [-0.1, -0.05) is 54.6 Å². The number of aliphatic carboxylic acids is 1. The lowest BCUT2D eigenvalue weighted by Gasteiger charge is -2.12. The normalized spacial score (nSPS) is 11.3. The third-order valence-corrected chi connectivity index (χ3v) is 4.81. The Labute approximate surface area is 150 Å². The Morgan fingerprint density at radius 2 is 1.73 bits per heavy atom. The second kappa shape index (κ2) is 6.23. The number of carbonyl (C=O) groups is 1. The Morgan fingerprint density at radius 3 is 2.46 bits per heavy atom. The largest absolute Gasteiger partial charge is 0.505 e. The Kier molecular flexibility index (Phi) is 3.88. The van der Waals surface area contributed by atoms with Gasteiger partial charge in [-0.25, -0.2) is 0 Å². The van der Waals surface area contributed by atoms with E-state index in [2.05, 4.69) is 4.57 Å². The molecule has 0 unspecified atom stereocenters. The van der Waals surface area contributed by atoms with Gasteiger partial charge >= 0.3 is 5.97 Å². The maximum Gasteiger partial charge on any atom is 0.307 e. The van der Waals surface area contributed by atoms with Crippen LogP contribution < -0.4 is 0 Å². The molecule has 0 radical (unpaired) electrons. The summed E-state index contributed by atoms with van der Waals surface area (Å²) in [6.45, 7) is 2.57. The molecule has 0 aliphatic rings. The first-order valence-corrected chi connectivity index (χ1v) is 8.54. The smallest absolute Gasteiger partial charge is 0.307 e. The maximum atomic E-state index is 11.2. The van der Waals surface area contributed by atoms with E-state index in [-0.39, 0.29) is 12.2 Å². The summed E-state index contributed by atoms with van der Waals surface area (Å²) in [5.41, 5.74) is 4.26. The van der Waals surface area contributed by atoms with Crippen molar-refractivity contribution in [3.05, 3.63) is 77.4 Å². The summed E-state index contributed by atoms with van der Waals surface area (Å²) in [5.74, 6) is -0.898. The molecule has 0 fully saturated rings. The Hall–Kier alpha value is -3.27. The monoisotopic (exact) mass is 345 g/mol. The SMILES string of the molecule is Cc1cc(CC(=O)O)c(O)c2c1c1ccccc1n2Cc1ccccc1. The Morgan fingerprint density at radius 1 is 1.04 bits per heavy atom. The first kappa shape index (κ1) is 16.2. The quantitative estimate of drug-likeness (QED) is 0.573. The van der Waals surface area contributed by atoms with E-state index >= 15 is 0 Å². The molecule has 2 N–H and O–H groups in total. The van der Waals surface area contributed by atoms with Crippen molar-refractivity contribution in [3.63, 3.8) is 0 Å². The second-order valence-electron chi connectivity index (χ2n) is 6.58. The summed E-state index contributed by atoms with van der Waals surface area (Å²) < 4.78 is 2.08. The number of phenolic OH excluding ortho intramolecular Hbond substituents is 1. The minimum absolute atomic E-state index is 0.0557. The second-order valence-corrected chi connectivity index (χ2v) is 6.58. The fourth-order valence-electron chi connectivity index (χ4n) is 3.73. The first-order valence-electron chi connectivity index (χ1n) is 8.54. The lowest BCUT2D eigenvalue weighted by molar-refractivity contribution is -0.136. The Bertz CT molecular complexity index is 1130. The first-order chi connectivity index (χ1) is 12.6. The minimum Gasteiger partial charge on any atom is -0.505 e. The highest BCUT2D eigenvalue weighted by molar-refractivity contribution is 6.12. The number of benzene rings is 3. The molecule has 1 heterocycles. The highest BCUT2D eigenvalue weighted by atomic mass is 16.4. The van der Waals surface area contributed by atoms with Gasteiger partial charge in [0.05, 0.1) is 11.9 Å². The fraction of sp³-hybridized carbons (Fsp3) is 0.136. The summed E-state index contributed by atoms with van der Waals surface area (Å²) in [6.07, 6.45) is -0.199.